The first kappa shape index (κ1) is 24.6. The topological polar surface area (TPSA) is 85.7 Å². The second kappa shape index (κ2) is 9.42. The van der Waals surface area contributed by atoms with E-state index >= 15 is 0 Å². The van der Waals surface area contributed by atoms with Gasteiger partial charge in [0.15, 0.2) is 0 Å². The molecule has 1 aromatic heterocycles. The van der Waals surface area contributed by atoms with Crippen LogP contribution in [0, 0.1) is 0 Å². The lowest BCUT2D eigenvalue weighted by molar-refractivity contribution is -0.137. The highest BCUT2D eigenvalue weighted by molar-refractivity contribution is 5.91. The Labute approximate surface area is 189 Å². The molecule has 33 heavy (non-hydrogen) atoms. The second-order valence-electron chi connectivity index (χ2n) is 8.76. The molecule has 8 nitrogen and oxygen atoms in total. The maximum absolute atomic E-state index is 12.8. The lowest BCUT2D eigenvalue weighted by atomic mass is 10.1. The predicted octanol–water partition coefficient (Wildman–Crippen LogP) is 3.64. The SMILES string of the molecule is CNC(=O)c1ccn([C@@H]2CN(C(=O)OC(C)(C)C)C[C@H]2OCc2ccc(C(F)(F)F)cc2)n1. The molecule has 0 saturated carbocycles. The van der Waals surface area contributed by atoms with Crippen LogP contribution in [0.15, 0.2) is 36.5 Å². The first-order valence-corrected chi connectivity index (χ1v) is 10.4. The standard InChI is InChI=1S/C22H27F3N4O4/c1-21(2,3)33-20(31)28-11-17(29-10-9-16(27-29)19(30)26-4)18(12-28)32-13-14-5-7-15(8-6-14)22(23,24)25/h5-10,17-18H,11-13H2,1-4H3,(H,26,30)/t17-,18-/m1/s1. The van der Waals surface area contributed by atoms with E-state index in [1.807, 2.05) is 0 Å². The van der Waals surface area contributed by atoms with Gasteiger partial charge in [-0.25, -0.2) is 4.79 Å². The van der Waals surface area contributed by atoms with E-state index in [0.717, 1.165) is 12.1 Å². The molecule has 1 N–H and O–H groups in total. The Bertz CT molecular complexity index is 983. The Morgan fingerprint density at radius 1 is 1.12 bits per heavy atom. The number of hydrogen-bond acceptors (Lipinski definition) is 5. The van der Waals surface area contributed by atoms with Gasteiger partial charge in [-0.3, -0.25) is 9.48 Å². The Morgan fingerprint density at radius 2 is 1.79 bits per heavy atom. The maximum Gasteiger partial charge on any atom is 0.416 e. The van der Waals surface area contributed by atoms with Gasteiger partial charge >= 0.3 is 12.3 Å². The smallest absolute Gasteiger partial charge is 0.416 e. The van der Waals surface area contributed by atoms with Crippen molar-refractivity contribution in [2.24, 2.45) is 0 Å². The molecule has 1 aliphatic rings. The quantitative estimate of drug-likeness (QED) is 0.724. The van der Waals surface area contributed by atoms with Gasteiger partial charge in [-0.05, 0) is 44.5 Å². The largest absolute Gasteiger partial charge is 0.444 e. The third-order valence-corrected chi connectivity index (χ3v) is 5.04. The minimum absolute atomic E-state index is 0.0467. The summed E-state index contributed by atoms with van der Waals surface area (Å²) in [5, 5.41) is 6.80. The number of rotatable bonds is 5. The Balaban J connectivity index is 1.76. The molecule has 2 amide bonds. The molecule has 180 valence electrons. The van der Waals surface area contributed by atoms with Crippen molar-refractivity contribution in [2.75, 3.05) is 20.1 Å². The van der Waals surface area contributed by atoms with Crippen LogP contribution in [0.1, 0.15) is 48.4 Å². The summed E-state index contributed by atoms with van der Waals surface area (Å²) in [5.74, 6) is -0.349. The summed E-state index contributed by atoms with van der Waals surface area (Å²) in [7, 11) is 1.50. The predicted molar refractivity (Wildman–Crippen MR) is 112 cm³/mol. The van der Waals surface area contributed by atoms with Crippen LogP contribution < -0.4 is 5.32 Å². The molecule has 1 fully saturated rings. The highest BCUT2D eigenvalue weighted by Gasteiger charge is 2.39. The number of nitrogens with zero attached hydrogens (tertiary/aromatic N) is 3. The number of halogens is 3. The summed E-state index contributed by atoms with van der Waals surface area (Å²) >= 11 is 0. The molecule has 1 saturated heterocycles. The van der Waals surface area contributed by atoms with E-state index in [9.17, 15) is 22.8 Å². The first-order chi connectivity index (χ1) is 15.4. The number of aromatic nitrogens is 2. The van der Waals surface area contributed by atoms with Crippen molar-refractivity contribution in [1.29, 1.82) is 0 Å². The average molecular weight is 468 g/mol. The molecule has 1 aliphatic heterocycles. The molecular formula is C22H27F3N4O4. The van der Waals surface area contributed by atoms with Crippen LogP contribution >= 0.6 is 0 Å². The summed E-state index contributed by atoms with van der Waals surface area (Å²) in [5.41, 5.74) is -0.637. The van der Waals surface area contributed by atoms with E-state index in [1.54, 1.807) is 37.7 Å². The van der Waals surface area contributed by atoms with Gasteiger partial charge in [0.1, 0.15) is 11.3 Å². The van der Waals surface area contributed by atoms with E-state index in [-0.39, 0.29) is 31.3 Å². The second-order valence-corrected chi connectivity index (χ2v) is 8.76. The molecule has 2 aromatic rings. The Hall–Kier alpha value is -3.08. The maximum atomic E-state index is 12.8. The van der Waals surface area contributed by atoms with Crippen molar-refractivity contribution >= 4 is 12.0 Å². The van der Waals surface area contributed by atoms with E-state index in [4.69, 9.17) is 9.47 Å². The normalized spacial score (nSPS) is 18.9. The zero-order chi connectivity index (χ0) is 24.4. The van der Waals surface area contributed by atoms with Gasteiger partial charge in [-0.2, -0.15) is 18.3 Å². The van der Waals surface area contributed by atoms with Gasteiger partial charge in [0, 0.05) is 19.8 Å². The number of likely N-dealkylation sites (tertiary alicyclic amines) is 1. The zero-order valence-electron chi connectivity index (χ0n) is 18.8. The van der Waals surface area contributed by atoms with Crippen LogP contribution in [-0.4, -0.2) is 58.5 Å². The third-order valence-electron chi connectivity index (χ3n) is 5.04. The minimum Gasteiger partial charge on any atom is -0.444 e. The van der Waals surface area contributed by atoms with Gasteiger partial charge in [0.05, 0.1) is 30.9 Å². The lowest BCUT2D eigenvalue weighted by Crippen LogP contribution is -2.36. The molecule has 0 aliphatic carbocycles. The molecule has 0 bridgehead atoms. The molecule has 1 aromatic carbocycles. The molecular weight excluding hydrogens is 441 g/mol. The summed E-state index contributed by atoms with van der Waals surface area (Å²) in [4.78, 5) is 26.0. The summed E-state index contributed by atoms with van der Waals surface area (Å²) in [6.45, 7) is 5.78. The number of alkyl halides is 3. The summed E-state index contributed by atoms with van der Waals surface area (Å²) in [6.07, 6.45) is -3.81. The van der Waals surface area contributed by atoms with Gasteiger partial charge < -0.3 is 19.7 Å². The number of amides is 2. The summed E-state index contributed by atoms with van der Waals surface area (Å²) in [6, 6.07) is 5.86. The van der Waals surface area contributed by atoms with E-state index in [2.05, 4.69) is 10.4 Å². The van der Waals surface area contributed by atoms with Crippen LogP contribution in [0.5, 0.6) is 0 Å². The Morgan fingerprint density at radius 3 is 2.36 bits per heavy atom. The fourth-order valence-corrected chi connectivity index (χ4v) is 3.42. The van der Waals surface area contributed by atoms with Crippen molar-refractivity contribution in [3.05, 3.63) is 53.3 Å². The highest BCUT2D eigenvalue weighted by Crippen LogP contribution is 2.30. The van der Waals surface area contributed by atoms with Crippen molar-refractivity contribution < 1.29 is 32.2 Å². The van der Waals surface area contributed by atoms with Crippen LogP contribution in [0.3, 0.4) is 0 Å². The van der Waals surface area contributed by atoms with E-state index in [1.165, 1.54) is 24.1 Å². The molecule has 3 rings (SSSR count). The van der Waals surface area contributed by atoms with Crippen LogP contribution in [-0.2, 0) is 22.3 Å². The number of carbonyl (C=O) groups is 2. The molecule has 0 unspecified atom stereocenters. The van der Waals surface area contributed by atoms with Gasteiger partial charge in [0.2, 0.25) is 0 Å². The van der Waals surface area contributed by atoms with Crippen LogP contribution in [0.2, 0.25) is 0 Å². The first-order valence-electron chi connectivity index (χ1n) is 10.4. The summed E-state index contributed by atoms with van der Waals surface area (Å²) < 4.78 is 51.4. The number of hydrogen-bond donors (Lipinski definition) is 1. The van der Waals surface area contributed by atoms with Crippen molar-refractivity contribution in [3.63, 3.8) is 0 Å². The van der Waals surface area contributed by atoms with E-state index < -0.39 is 35.6 Å². The number of carbonyl (C=O) groups excluding carboxylic acids is 2. The van der Waals surface area contributed by atoms with Gasteiger partial charge in [0.25, 0.3) is 5.91 Å². The minimum atomic E-state index is -4.41. The van der Waals surface area contributed by atoms with Crippen LogP contribution in [0.4, 0.5) is 18.0 Å². The molecule has 2 heterocycles. The lowest BCUT2D eigenvalue weighted by Gasteiger charge is -2.24. The van der Waals surface area contributed by atoms with Crippen molar-refractivity contribution in [3.8, 4) is 0 Å². The third kappa shape index (κ3) is 6.25. The Kier molecular flexibility index (Phi) is 7.01. The molecule has 0 radical (unpaired) electrons. The van der Waals surface area contributed by atoms with Gasteiger partial charge in [-0.1, -0.05) is 12.1 Å². The number of benzene rings is 1. The van der Waals surface area contributed by atoms with Crippen molar-refractivity contribution in [1.82, 2.24) is 20.0 Å². The monoisotopic (exact) mass is 468 g/mol. The van der Waals surface area contributed by atoms with E-state index in [0.29, 0.717) is 5.56 Å². The molecule has 2 atom stereocenters. The van der Waals surface area contributed by atoms with Gasteiger partial charge in [-0.15, -0.1) is 0 Å². The van der Waals surface area contributed by atoms with Crippen molar-refractivity contribution in [2.45, 2.75) is 51.3 Å². The number of ether oxygens (including phenoxy) is 2. The molecule has 11 heteroatoms. The fraction of sp³-hybridized carbons (Fsp3) is 0.500. The zero-order valence-corrected chi connectivity index (χ0v) is 18.8. The number of nitrogens with one attached hydrogen (secondary N) is 1. The highest BCUT2D eigenvalue weighted by atomic mass is 19.4. The van der Waals surface area contributed by atoms with Crippen LogP contribution in [0.25, 0.3) is 0 Å². The fourth-order valence-electron chi connectivity index (χ4n) is 3.42. The molecule has 0 spiro atoms. The average Bonchev–Trinajstić information content (AvgIpc) is 3.37.